The summed E-state index contributed by atoms with van der Waals surface area (Å²) in [6.45, 7) is 6.94. The SMILES string of the molecule is Cc1nc([C@H](C)NC(=O)CCN2Cc3ccccc3C2=O)c(C)s1. The smallest absolute Gasteiger partial charge is 0.254 e. The third-order valence-electron chi connectivity index (χ3n) is 4.23. The predicted octanol–water partition coefficient (Wildman–Crippen LogP) is 2.98. The molecular weight excluding hydrogens is 322 g/mol. The molecule has 24 heavy (non-hydrogen) atoms. The van der Waals surface area contributed by atoms with Crippen molar-refractivity contribution < 1.29 is 9.59 Å². The standard InChI is InChI=1S/C18H21N3O2S/c1-11(17-12(2)24-13(3)20-17)19-16(22)8-9-21-10-14-6-4-5-7-15(14)18(21)23/h4-7,11H,8-10H2,1-3H3,(H,19,22)/t11-/m0/s1. The summed E-state index contributed by atoms with van der Waals surface area (Å²) in [6, 6.07) is 7.49. The van der Waals surface area contributed by atoms with Crippen LogP contribution in [0.25, 0.3) is 0 Å². The largest absolute Gasteiger partial charge is 0.348 e. The van der Waals surface area contributed by atoms with Crippen LogP contribution < -0.4 is 5.32 Å². The number of amides is 2. The molecule has 1 atom stereocenters. The average Bonchev–Trinajstić information content (AvgIpc) is 3.05. The molecule has 6 heteroatoms. The summed E-state index contributed by atoms with van der Waals surface area (Å²) in [5, 5.41) is 3.98. The highest BCUT2D eigenvalue weighted by molar-refractivity contribution is 7.11. The third-order valence-corrected chi connectivity index (χ3v) is 5.13. The zero-order valence-corrected chi connectivity index (χ0v) is 14.9. The highest BCUT2D eigenvalue weighted by Gasteiger charge is 2.27. The minimum Gasteiger partial charge on any atom is -0.348 e. The van der Waals surface area contributed by atoms with Crippen LogP contribution in [-0.4, -0.2) is 28.2 Å². The van der Waals surface area contributed by atoms with Crippen molar-refractivity contribution in [1.82, 2.24) is 15.2 Å². The first-order valence-corrected chi connectivity index (χ1v) is 8.88. The summed E-state index contributed by atoms with van der Waals surface area (Å²) in [7, 11) is 0. The number of aryl methyl sites for hydroxylation is 2. The van der Waals surface area contributed by atoms with Gasteiger partial charge in [-0.3, -0.25) is 9.59 Å². The van der Waals surface area contributed by atoms with Crippen molar-refractivity contribution in [3.8, 4) is 0 Å². The maximum absolute atomic E-state index is 12.3. The van der Waals surface area contributed by atoms with Crippen molar-refractivity contribution in [2.75, 3.05) is 6.54 Å². The molecule has 1 N–H and O–H groups in total. The summed E-state index contributed by atoms with van der Waals surface area (Å²) >= 11 is 1.64. The Morgan fingerprint density at radius 3 is 2.79 bits per heavy atom. The summed E-state index contributed by atoms with van der Waals surface area (Å²) in [5.41, 5.74) is 2.71. The van der Waals surface area contributed by atoms with Crippen LogP contribution in [0.2, 0.25) is 0 Å². The van der Waals surface area contributed by atoms with E-state index < -0.39 is 0 Å². The molecule has 0 saturated carbocycles. The fourth-order valence-electron chi connectivity index (χ4n) is 3.06. The van der Waals surface area contributed by atoms with E-state index in [0.29, 0.717) is 19.5 Å². The Morgan fingerprint density at radius 2 is 2.12 bits per heavy atom. The zero-order chi connectivity index (χ0) is 17.3. The summed E-state index contributed by atoms with van der Waals surface area (Å²) in [4.78, 5) is 31.8. The minimum absolute atomic E-state index is 0.0115. The molecule has 1 aromatic heterocycles. The molecule has 0 fully saturated rings. The third kappa shape index (κ3) is 3.33. The fraction of sp³-hybridized carbons (Fsp3) is 0.389. The van der Waals surface area contributed by atoms with Gasteiger partial charge < -0.3 is 10.2 Å². The number of carbonyl (C=O) groups excluding carboxylic acids is 2. The number of fused-ring (bicyclic) bond motifs is 1. The molecule has 0 aliphatic carbocycles. The highest BCUT2D eigenvalue weighted by atomic mass is 32.1. The van der Waals surface area contributed by atoms with E-state index in [1.54, 1.807) is 16.2 Å². The Hall–Kier alpha value is -2.21. The van der Waals surface area contributed by atoms with Crippen LogP contribution >= 0.6 is 11.3 Å². The van der Waals surface area contributed by atoms with Gasteiger partial charge in [0.1, 0.15) is 0 Å². The molecule has 2 heterocycles. The number of benzene rings is 1. The molecule has 126 valence electrons. The number of aromatic nitrogens is 1. The first-order valence-electron chi connectivity index (χ1n) is 8.06. The second kappa shape index (κ2) is 6.73. The Kier molecular flexibility index (Phi) is 4.66. The lowest BCUT2D eigenvalue weighted by Gasteiger charge is -2.17. The number of thiazole rings is 1. The average molecular weight is 343 g/mol. The van der Waals surface area contributed by atoms with E-state index in [9.17, 15) is 9.59 Å². The molecule has 2 amide bonds. The van der Waals surface area contributed by atoms with E-state index in [-0.39, 0.29) is 17.9 Å². The van der Waals surface area contributed by atoms with Crippen molar-refractivity contribution in [3.05, 3.63) is 51.0 Å². The van der Waals surface area contributed by atoms with E-state index in [1.165, 1.54) is 0 Å². The van der Waals surface area contributed by atoms with Gasteiger partial charge in [-0.05, 0) is 32.4 Å². The van der Waals surface area contributed by atoms with Crippen LogP contribution in [0.1, 0.15) is 50.9 Å². The van der Waals surface area contributed by atoms with Gasteiger partial charge in [-0.25, -0.2) is 4.98 Å². The van der Waals surface area contributed by atoms with Crippen molar-refractivity contribution >= 4 is 23.2 Å². The lowest BCUT2D eigenvalue weighted by atomic mass is 10.1. The van der Waals surface area contributed by atoms with Gasteiger partial charge in [-0.2, -0.15) is 0 Å². The molecule has 1 aliphatic heterocycles. The van der Waals surface area contributed by atoms with E-state index in [2.05, 4.69) is 10.3 Å². The Bertz CT molecular complexity index is 784. The van der Waals surface area contributed by atoms with Crippen LogP contribution in [0.3, 0.4) is 0 Å². The molecule has 0 bridgehead atoms. The van der Waals surface area contributed by atoms with E-state index in [1.807, 2.05) is 45.0 Å². The van der Waals surface area contributed by atoms with Crippen LogP contribution in [0, 0.1) is 13.8 Å². The van der Waals surface area contributed by atoms with Gasteiger partial charge in [0.05, 0.1) is 16.7 Å². The number of carbonyl (C=O) groups is 2. The normalized spacial score (nSPS) is 14.6. The molecule has 2 aromatic rings. The molecule has 3 rings (SSSR count). The van der Waals surface area contributed by atoms with Gasteiger partial charge in [0.25, 0.3) is 5.91 Å². The minimum atomic E-state index is -0.117. The number of hydrogen-bond donors (Lipinski definition) is 1. The highest BCUT2D eigenvalue weighted by Crippen LogP contribution is 2.23. The molecule has 0 radical (unpaired) electrons. The quantitative estimate of drug-likeness (QED) is 0.908. The van der Waals surface area contributed by atoms with Gasteiger partial charge in [0, 0.05) is 30.0 Å². The maximum atomic E-state index is 12.3. The van der Waals surface area contributed by atoms with Crippen molar-refractivity contribution in [3.63, 3.8) is 0 Å². The van der Waals surface area contributed by atoms with Crippen LogP contribution in [0.5, 0.6) is 0 Å². The summed E-state index contributed by atoms with van der Waals surface area (Å²) in [6.07, 6.45) is 0.298. The number of rotatable bonds is 5. The molecule has 1 aromatic carbocycles. The van der Waals surface area contributed by atoms with Gasteiger partial charge in [-0.1, -0.05) is 18.2 Å². The zero-order valence-electron chi connectivity index (χ0n) is 14.1. The molecular formula is C18H21N3O2S. The number of nitrogens with one attached hydrogen (secondary N) is 1. The van der Waals surface area contributed by atoms with E-state index in [0.717, 1.165) is 26.7 Å². The van der Waals surface area contributed by atoms with Gasteiger partial charge >= 0.3 is 0 Å². The molecule has 0 unspecified atom stereocenters. The first kappa shape index (κ1) is 16.6. The maximum Gasteiger partial charge on any atom is 0.254 e. The lowest BCUT2D eigenvalue weighted by Crippen LogP contribution is -2.32. The van der Waals surface area contributed by atoms with Crippen molar-refractivity contribution in [2.24, 2.45) is 0 Å². The molecule has 0 spiro atoms. The number of hydrogen-bond acceptors (Lipinski definition) is 4. The van der Waals surface area contributed by atoms with Crippen LogP contribution in [-0.2, 0) is 11.3 Å². The molecule has 1 aliphatic rings. The monoisotopic (exact) mass is 343 g/mol. The second-order valence-corrected chi connectivity index (χ2v) is 7.50. The van der Waals surface area contributed by atoms with Crippen LogP contribution in [0.15, 0.2) is 24.3 Å². The molecule has 5 nitrogen and oxygen atoms in total. The Balaban J connectivity index is 1.53. The van der Waals surface area contributed by atoms with Gasteiger partial charge in [0.2, 0.25) is 5.91 Å². The topological polar surface area (TPSA) is 62.3 Å². The van der Waals surface area contributed by atoms with Gasteiger partial charge in [-0.15, -0.1) is 11.3 Å². The second-order valence-electron chi connectivity index (χ2n) is 6.10. The predicted molar refractivity (Wildman–Crippen MR) is 93.9 cm³/mol. The van der Waals surface area contributed by atoms with E-state index >= 15 is 0 Å². The lowest BCUT2D eigenvalue weighted by molar-refractivity contribution is -0.121. The van der Waals surface area contributed by atoms with Crippen molar-refractivity contribution in [2.45, 2.75) is 39.8 Å². The van der Waals surface area contributed by atoms with Crippen molar-refractivity contribution in [1.29, 1.82) is 0 Å². The molecule has 0 saturated heterocycles. The Labute approximate surface area is 145 Å². The van der Waals surface area contributed by atoms with E-state index in [4.69, 9.17) is 0 Å². The van der Waals surface area contributed by atoms with Gasteiger partial charge in [0.15, 0.2) is 0 Å². The van der Waals surface area contributed by atoms with Crippen LogP contribution in [0.4, 0.5) is 0 Å². The summed E-state index contributed by atoms with van der Waals surface area (Å²) < 4.78 is 0. The summed E-state index contributed by atoms with van der Waals surface area (Å²) in [5.74, 6) is -0.0475. The number of nitrogens with zero attached hydrogens (tertiary/aromatic N) is 2. The first-order chi connectivity index (χ1) is 11.5. The Morgan fingerprint density at radius 1 is 1.38 bits per heavy atom. The fourth-order valence-corrected chi connectivity index (χ4v) is 3.97.